The van der Waals surface area contributed by atoms with Crippen LogP contribution in [0.25, 0.3) is 10.9 Å². The zero-order chi connectivity index (χ0) is 14.0. The van der Waals surface area contributed by atoms with Gasteiger partial charge in [-0.15, -0.1) is 0 Å². The molecular weight excluding hydrogens is 240 g/mol. The smallest absolute Gasteiger partial charge is 0.335 e. The Morgan fingerprint density at radius 1 is 1.42 bits per heavy atom. The molecule has 0 atom stereocenters. The highest BCUT2D eigenvalue weighted by molar-refractivity contribution is 5.96. The van der Waals surface area contributed by atoms with E-state index < -0.39 is 5.97 Å². The van der Waals surface area contributed by atoms with E-state index in [1.54, 1.807) is 12.1 Å². The molecule has 1 aromatic heterocycles. The summed E-state index contributed by atoms with van der Waals surface area (Å²) in [5.74, 6) is -0.882. The lowest BCUT2D eigenvalue weighted by molar-refractivity contribution is 0.0697. The molecule has 0 radical (unpaired) electrons. The molecule has 19 heavy (non-hydrogen) atoms. The first-order valence-corrected chi connectivity index (χ1v) is 6.64. The summed E-state index contributed by atoms with van der Waals surface area (Å²) < 4.78 is 2.21. The summed E-state index contributed by atoms with van der Waals surface area (Å²) in [6.07, 6.45) is 3.93. The number of nitrogens with two attached hydrogens (primary N) is 1. The molecule has 1 heterocycles. The minimum atomic E-state index is -0.882. The maximum absolute atomic E-state index is 11.2. The summed E-state index contributed by atoms with van der Waals surface area (Å²) >= 11 is 0. The van der Waals surface area contributed by atoms with Crippen molar-refractivity contribution in [2.75, 3.05) is 6.54 Å². The number of aromatic carboxylic acids is 1. The molecular formula is C15H20N2O2. The van der Waals surface area contributed by atoms with Crippen molar-refractivity contribution in [2.45, 2.75) is 33.2 Å². The minimum absolute atomic E-state index is 0.345. The Labute approximate surface area is 112 Å². The summed E-state index contributed by atoms with van der Waals surface area (Å²) in [6, 6.07) is 3.50. The van der Waals surface area contributed by atoms with Crippen LogP contribution in [-0.4, -0.2) is 22.2 Å². The third-order valence-electron chi connectivity index (χ3n) is 3.37. The summed E-state index contributed by atoms with van der Waals surface area (Å²) in [6.45, 7) is 5.61. The number of hydrogen-bond acceptors (Lipinski definition) is 2. The Bertz CT molecular complexity index is 614. The fraction of sp³-hybridized carbons (Fsp3) is 0.400. The van der Waals surface area contributed by atoms with Crippen LogP contribution in [-0.2, 0) is 13.0 Å². The molecule has 2 rings (SSSR count). The first-order chi connectivity index (χ1) is 9.08. The number of fused-ring (bicyclic) bond motifs is 1. The number of carboxylic acids is 1. The third kappa shape index (κ3) is 2.49. The maximum Gasteiger partial charge on any atom is 0.335 e. The van der Waals surface area contributed by atoms with Crippen molar-refractivity contribution in [3.63, 3.8) is 0 Å². The molecule has 0 amide bonds. The molecule has 102 valence electrons. The van der Waals surface area contributed by atoms with Gasteiger partial charge in [0.25, 0.3) is 0 Å². The van der Waals surface area contributed by atoms with Crippen LogP contribution in [0.2, 0.25) is 0 Å². The predicted octanol–water partition coefficient (Wildman–Crippen LogP) is 2.56. The van der Waals surface area contributed by atoms with E-state index in [-0.39, 0.29) is 0 Å². The molecule has 0 bridgehead atoms. The lowest BCUT2D eigenvalue weighted by atomic mass is 10.0. The Kier molecular flexibility index (Phi) is 3.90. The fourth-order valence-electron chi connectivity index (χ4n) is 2.62. The number of aromatic nitrogens is 1. The van der Waals surface area contributed by atoms with E-state index in [4.69, 9.17) is 10.8 Å². The molecule has 0 saturated carbocycles. The molecule has 0 fully saturated rings. The number of aryl methyl sites for hydroxylation is 2. The van der Waals surface area contributed by atoms with Crippen LogP contribution in [0.5, 0.6) is 0 Å². The van der Waals surface area contributed by atoms with Gasteiger partial charge in [0.05, 0.1) is 11.1 Å². The van der Waals surface area contributed by atoms with Gasteiger partial charge in [0.2, 0.25) is 0 Å². The van der Waals surface area contributed by atoms with Crippen molar-refractivity contribution in [3.05, 3.63) is 35.0 Å². The van der Waals surface area contributed by atoms with E-state index in [1.807, 2.05) is 6.92 Å². The zero-order valence-corrected chi connectivity index (χ0v) is 11.4. The largest absolute Gasteiger partial charge is 0.478 e. The molecule has 0 aliphatic carbocycles. The van der Waals surface area contributed by atoms with Gasteiger partial charge in [-0.3, -0.25) is 0 Å². The van der Waals surface area contributed by atoms with Crippen LogP contribution >= 0.6 is 0 Å². The second-order valence-electron chi connectivity index (χ2n) is 4.88. The molecule has 0 unspecified atom stereocenters. The molecule has 3 N–H and O–H groups in total. The van der Waals surface area contributed by atoms with Crippen molar-refractivity contribution in [2.24, 2.45) is 5.73 Å². The molecule has 0 saturated heterocycles. The molecule has 0 spiro atoms. The monoisotopic (exact) mass is 260 g/mol. The van der Waals surface area contributed by atoms with Crippen LogP contribution in [0.15, 0.2) is 18.3 Å². The van der Waals surface area contributed by atoms with Gasteiger partial charge in [-0.05, 0) is 49.6 Å². The number of hydrogen-bond donors (Lipinski definition) is 2. The lowest BCUT2D eigenvalue weighted by Crippen LogP contribution is -2.02. The highest BCUT2D eigenvalue weighted by Gasteiger charge is 2.14. The van der Waals surface area contributed by atoms with Crippen LogP contribution in [0.4, 0.5) is 0 Å². The normalized spacial score (nSPS) is 11.1. The first-order valence-electron chi connectivity index (χ1n) is 6.64. The van der Waals surface area contributed by atoms with E-state index in [0.29, 0.717) is 12.1 Å². The molecule has 0 aliphatic rings. The highest BCUT2D eigenvalue weighted by atomic mass is 16.4. The number of carbonyl (C=O) groups is 1. The average Bonchev–Trinajstić information content (AvgIpc) is 2.69. The van der Waals surface area contributed by atoms with Crippen molar-refractivity contribution in [1.82, 2.24) is 4.57 Å². The Morgan fingerprint density at radius 3 is 2.74 bits per heavy atom. The van der Waals surface area contributed by atoms with Crippen molar-refractivity contribution in [3.8, 4) is 0 Å². The Balaban J connectivity index is 2.70. The Morgan fingerprint density at radius 2 is 2.16 bits per heavy atom. The second-order valence-corrected chi connectivity index (χ2v) is 4.88. The number of benzene rings is 1. The lowest BCUT2D eigenvalue weighted by Gasteiger charge is -2.07. The third-order valence-corrected chi connectivity index (χ3v) is 3.37. The van der Waals surface area contributed by atoms with Gasteiger partial charge >= 0.3 is 5.97 Å². The molecule has 1 aromatic carbocycles. The van der Waals surface area contributed by atoms with Crippen LogP contribution in [0, 0.1) is 6.92 Å². The van der Waals surface area contributed by atoms with Gasteiger partial charge < -0.3 is 15.4 Å². The summed E-state index contributed by atoms with van der Waals surface area (Å²) in [4.78, 5) is 11.2. The van der Waals surface area contributed by atoms with Gasteiger partial charge in [-0.2, -0.15) is 0 Å². The Hall–Kier alpha value is -1.81. The minimum Gasteiger partial charge on any atom is -0.478 e. The van der Waals surface area contributed by atoms with Gasteiger partial charge in [0.15, 0.2) is 0 Å². The number of rotatable bonds is 5. The fourth-order valence-corrected chi connectivity index (χ4v) is 2.62. The van der Waals surface area contributed by atoms with E-state index in [0.717, 1.165) is 41.4 Å². The summed E-state index contributed by atoms with van der Waals surface area (Å²) in [5.41, 5.74) is 9.27. The van der Waals surface area contributed by atoms with Crippen LogP contribution in [0.3, 0.4) is 0 Å². The quantitative estimate of drug-likeness (QED) is 0.868. The van der Waals surface area contributed by atoms with Crippen molar-refractivity contribution < 1.29 is 9.90 Å². The van der Waals surface area contributed by atoms with Gasteiger partial charge in [-0.25, -0.2) is 4.79 Å². The van der Waals surface area contributed by atoms with Crippen LogP contribution in [0.1, 0.15) is 34.8 Å². The van der Waals surface area contributed by atoms with Gasteiger partial charge in [-0.1, -0.05) is 6.92 Å². The topological polar surface area (TPSA) is 68.2 Å². The summed E-state index contributed by atoms with van der Waals surface area (Å²) in [5, 5.41) is 10.2. The molecule has 4 heteroatoms. The average molecular weight is 260 g/mol. The molecule has 4 nitrogen and oxygen atoms in total. The first kappa shape index (κ1) is 13.6. The van der Waals surface area contributed by atoms with Crippen LogP contribution < -0.4 is 5.73 Å². The summed E-state index contributed by atoms with van der Waals surface area (Å²) in [7, 11) is 0. The van der Waals surface area contributed by atoms with Gasteiger partial charge in [0.1, 0.15) is 0 Å². The van der Waals surface area contributed by atoms with E-state index in [1.165, 1.54) is 0 Å². The maximum atomic E-state index is 11.2. The predicted molar refractivity (Wildman–Crippen MR) is 76.7 cm³/mol. The second kappa shape index (κ2) is 5.45. The molecule has 0 aliphatic heterocycles. The number of nitrogens with zero attached hydrogens (tertiary/aromatic N) is 1. The van der Waals surface area contributed by atoms with E-state index in [2.05, 4.69) is 17.7 Å². The van der Waals surface area contributed by atoms with E-state index in [9.17, 15) is 4.79 Å². The standard InChI is InChI=1S/C15H20N2O2/c1-3-6-17-9-11(4-5-16)13-8-12(15(18)19)7-10(2)14(13)17/h7-9H,3-6,16H2,1-2H3,(H,18,19). The SMILES string of the molecule is CCCn1cc(CCN)c2cc(C(=O)O)cc(C)c21. The highest BCUT2D eigenvalue weighted by Crippen LogP contribution is 2.27. The van der Waals surface area contributed by atoms with Crippen molar-refractivity contribution in [1.29, 1.82) is 0 Å². The van der Waals surface area contributed by atoms with Gasteiger partial charge in [0, 0.05) is 18.1 Å². The molecule has 2 aromatic rings. The zero-order valence-electron chi connectivity index (χ0n) is 11.4. The number of carboxylic acid groups (broad SMARTS) is 1. The van der Waals surface area contributed by atoms with Crippen molar-refractivity contribution >= 4 is 16.9 Å². The van der Waals surface area contributed by atoms with E-state index >= 15 is 0 Å².